The molecule has 2 N–H and O–H groups in total. The zero-order valence-electron chi connectivity index (χ0n) is 10.5. The van der Waals surface area contributed by atoms with Crippen molar-refractivity contribution in [3.8, 4) is 11.3 Å². The molecule has 1 atom stereocenters. The number of aromatic amines is 1. The molecule has 1 aliphatic rings. The molecular weight excluding hydrogens is 226 g/mol. The largest absolute Gasteiger partial charge is 0.316 e. The summed E-state index contributed by atoms with van der Waals surface area (Å²) in [4.78, 5) is 8.99. The van der Waals surface area contributed by atoms with E-state index in [-0.39, 0.29) is 0 Å². The van der Waals surface area contributed by atoms with E-state index >= 15 is 0 Å². The molecule has 3 rings (SSSR count). The molecule has 0 amide bonds. The lowest BCUT2D eigenvalue weighted by Gasteiger charge is -2.07. The van der Waals surface area contributed by atoms with Crippen LogP contribution in [0.2, 0.25) is 0 Å². The van der Waals surface area contributed by atoms with Crippen molar-refractivity contribution in [2.75, 3.05) is 13.1 Å². The van der Waals surface area contributed by atoms with Crippen molar-refractivity contribution in [1.29, 1.82) is 0 Å². The highest BCUT2D eigenvalue weighted by Gasteiger charge is 2.15. The molecule has 0 aliphatic carbocycles. The van der Waals surface area contributed by atoms with Gasteiger partial charge in [-0.25, -0.2) is 0 Å². The van der Waals surface area contributed by atoms with E-state index in [2.05, 4.69) is 25.5 Å². The lowest BCUT2D eigenvalue weighted by Crippen LogP contribution is -2.11. The monoisotopic (exact) mass is 243 g/mol. The fraction of sp³-hybridized carbons (Fsp3) is 0.462. The number of aromatic nitrogens is 4. The third kappa shape index (κ3) is 2.26. The van der Waals surface area contributed by atoms with Crippen LogP contribution in [0, 0.1) is 12.8 Å². The van der Waals surface area contributed by atoms with Crippen molar-refractivity contribution in [3.63, 3.8) is 0 Å². The van der Waals surface area contributed by atoms with Crippen molar-refractivity contribution in [3.05, 3.63) is 30.0 Å². The maximum atomic E-state index is 4.51. The molecule has 1 aliphatic heterocycles. The SMILES string of the molecule is Cc1[nH]ncc1-c1cnc(CC2CCNC2)cn1. The Hall–Kier alpha value is -1.75. The van der Waals surface area contributed by atoms with Gasteiger partial charge in [-0.1, -0.05) is 0 Å². The normalized spacial score (nSPS) is 19.3. The molecule has 1 saturated heterocycles. The number of rotatable bonds is 3. The van der Waals surface area contributed by atoms with Gasteiger partial charge in [0.15, 0.2) is 0 Å². The first-order chi connectivity index (χ1) is 8.83. The summed E-state index contributed by atoms with van der Waals surface area (Å²) in [6.07, 6.45) is 7.78. The van der Waals surface area contributed by atoms with E-state index < -0.39 is 0 Å². The highest BCUT2D eigenvalue weighted by atomic mass is 15.1. The molecule has 2 aromatic heterocycles. The van der Waals surface area contributed by atoms with Crippen molar-refractivity contribution in [1.82, 2.24) is 25.5 Å². The average Bonchev–Trinajstić information content (AvgIpc) is 3.02. The second-order valence-corrected chi connectivity index (χ2v) is 4.86. The van der Waals surface area contributed by atoms with Crippen molar-refractivity contribution in [2.24, 2.45) is 5.92 Å². The Balaban J connectivity index is 1.74. The summed E-state index contributed by atoms with van der Waals surface area (Å²) in [5, 5.41) is 10.3. The molecular formula is C13H17N5. The minimum absolute atomic E-state index is 0.709. The van der Waals surface area contributed by atoms with Crippen molar-refractivity contribution < 1.29 is 0 Å². The number of hydrogen-bond acceptors (Lipinski definition) is 4. The van der Waals surface area contributed by atoms with Crippen molar-refractivity contribution in [2.45, 2.75) is 19.8 Å². The summed E-state index contributed by atoms with van der Waals surface area (Å²) >= 11 is 0. The topological polar surface area (TPSA) is 66.5 Å². The van der Waals surface area contributed by atoms with Gasteiger partial charge in [0.25, 0.3) is 0 Å². The molecule has 2 aromatic rings. The Bertz CT molecular complexity index is 510. The smallest absolute Gasteiger partial charge is 0.0919 e. The van der Waals surface area contributed by atoms with Gasteiger partial charge in [-0.3, -0.25) is 15.1 Å². The van der Waals surface area contributed by atoms with Crippen molar-refractivity contribution >= 4 is 0 Å². The van der Waals surface area contributed by atoms with Gasteiger partial charge in [-0.2, -0.15) is 5.10 Å². The molecule has 0 radical (unpaired) electrons. The third-order valence-electron chi connectivity index (χ3n) is 3.47. The van der Waals surface area contributed by atoms with Crippen LogP contribution in [0.15, 0.2) is 18.6 Å². The average molecular weight is 243 g/mol. The second-order valence-electron chi connectivity index (χ2n) is 4.86. The number of nitrogens with one attached hydrogen (secondary N) is 2. The summed E-state index contributed by atoms with van der Waals surface area (Å²) in [7, 11) is 0. The van der Waals surface area contributed by atoms with E-state index in [4.69, 9.17) is 0 Å². The van der Waals surface area contributed by atoms with Crippen LogP contribution >= 0.6 is 0 Å². The van der Waals surface area contributed by atoms with E-state index in [1.807, 2.05) is 19.3 Å². The summed E-state index contributed by atoms with van der Waals surface area (Å²) in [5.74, 6) is 0.709. The number of H-pyrrole nitrogens is 1. The van der Waals surface area contributed by atoms with Crippen LogP contribution in [0.1, 0.15) is 17.8 Å². The standard InChI is InChI=1S/C13H17N5/c1-9-12(7-17-18-9)13-8-15-11(6-16-13)4-10-2-3-14-5-10/h6-8,10,14H,2-5H2,1H3,(H,17,18). The Labute approximate surface area is 106 Å². The maximum absolute atomic E-state index is 4.51. The molecule has 1 unspecified atom stereocenters. The summed E-state index contributed by atoms with van der Waals surface area (Å²) in [6, 6.07) is 0. The van der Waals surface area contributed by atoms with Gasteiger partial charge in [0.05, 0.1) is 23.8 Å². The van der Waals surface area contributed by atoms with Crippen LogP contribution in [-0.2, 0) is 6.42 Å². The Morgan fingerprint density at radius 2 is 2.22 bits per heavy atom. The maximum Gasteiger partial charge on any atom is 0.0919 e. The van der Waals surface area contributed by atoms with Gasteiger partial charge in [0.2, 0.25) is 0 Å². The first-order valence-electron chi connectivity index (χ1n) is 6.35. The summed E-state index contributed by atoms with van der Waals surface area (Å²) in [5.41, 5.74) is 4.01. The first kappa shape index (κ1) is 11.3. The van der Waals surface area contributed by atoms with Gasteiger partial charge in [-0.05, 0) is 38.8 Å². The summed E-state index contributed by atoms with van der Waals surface area (Å²) in [6.45, 7) is 4.22. The lowest BCUT2D eigenvalue weighted by atomic mass is 10.0. The quantitative estimate of drug-likeness (QED) is 0.853. The van der Waals surface area contributed by atoms with E-state index in [0.29, 0.717) is 5.92 Å². The molecule has 0 bridgehead atoms. The predicted octanol–water partition coefficient (Wildman–Crippen LogP) is 1.33. The van der Waals surface area contributed by atoms with Crippen LogP contribution in [0.25, 0.3) is 11.3 Å². The van der Waals surface area contributed by atoms with Gasteiger partial charge < -0.3 is 5.32 Å². The van der Waals surface area contributed by atoms with E-state index in [0.717, 1.165) is 42.2 Å². The molecule has 5 heteroatoms. The third-order valence-corrected chi connectivity index (χ3v) is 3.47. The Kier molecular flexibility index (Phi) is 3.06. The second kappa shape index (κ2) is 4.86. The fourth-order valence-electron chi connectivity index (χ4n) is 2.39. The van der Waals surface area contributed by atoms with E-state index in [1.165, 1.54) is 6.42 Å². The zero-order valence-corrected chi connectivity index (χ0v) is 10.5. The highest BCUT2D eigenvalue weighted by molar-refractivity contribution is 5.59. The molecule has 0 spiro atoms. The predicted molar refractivity (Wildman–Crippen MR) is 69.0 cm³/mol. The molecule has 1 fully saturated rings. The lowest BCUT2D eigenvalue weighted by molar-refractivity contribution is 0.570. The molecule has 3 heterocycles. The highest BCUT2D eigenvalue weighted by Crippen LogP contribution is 2.19. The fourth-order valence-corrected chi connectivity index (χ4v) is 2.39. The van der Waals surface area contributed by atoms with Crippen LogP contribution in [0.3, 0.4) is 0 Å². The van der Waals surface area contributed by atoms with E-state index in [9.17, 15) is 0 Å². The minimum Gasteiger partial charge on any atom is -0.316 e. The van der Waals surface area contributed by atoms with E-state index in [1.54, 1.807) is 6.20 Å². The Morgan fingerprint density at radius 1 is 1.28 bits per heavy atom. The first-order valence-corrected chi connectivity index (χ1v) is 6.35. The van der Waals surface area contributed by atoms with Gasteiger partial charge >= 0.3 is 0 Å². The molecule has 18 heavy (non-hydrogen) atoms. The number of nitrogens with zero attached hydrogens (tertiary/aromatic N) is 3. The van der Waals surface area contributed by atoms with Crippen LogP contribution in [0.4, 0.5) is 0 Å². The van der Waals surface area contributed by atoms with Gasteiger partial charge in [0.1, 0.15) is 0 Å². The van der Waals surface area contributed by atoms with Crippen LogP contribution in [-0.4, -0.2) is 33.3 Å². The number of aryl methyl sites for hydroxylation is 1. The molecule has 94 valence electrons. The molecule has 0 aromatic carbocycles. The summed E-state index contributed by atoms with van der Waals surface area (Å²) < 4.78 is 0. The van der Waals surface area contributed by atoms with Gasteiger partial charge in [-0.15, -0.1) is 0 Å². The zero-order chi connectivity index (χ0) is 12.4. The molecule has 5 nitrogen and oxygen atoms in total. The van der Waals surface area contributed by atoms with Gasteiger partial charge in [0, 0.05) is 17.5 Å². The number of hydrogen-bond donors (Lipinski definition) is 2. The van der Waals surface area contributed by atoms with Crippen LogP contribution in [0.5, 0.6) is 0 Å². The van der Waals surface area contributed by atoms with Crippen LogP contribution < -0.4 is 5.32 Å². The Morgan fingerprint density at radius 3 is 2.83 bits per heavy atom. The minimum atomic E-state index is 0.709. The molecule has 0 saturated carbocycles.